The summed E-state index contributed by atoms with van der Waals surface area (Å²) in [7, 11) is 0. The average molecular weight is 282 g/mol. The van der Waals surface area contributed by atoms with Crippen LogP contribution in [0.3, 0.4) is 0 Å². The van der Waals surface area contributed by atoms with Crippen molar-refractivity contribution in [2.24, 2.45) is 11.8 Å². The van der Waals surface area contributed by atoms with Gasteiger partial charge in [-0.3, -0.25) is 19.2 Å². The van der Waals surface area contributed by atoms with E-state index in [2.05, 4.69) is 0 Å². The Hall–Kier alpha value is -1.32. The van der Waals surface area contributed by atoms with E-state index >= 15 is 0 Å². The summed E-state index contributed by atoms with van der Waals surface area (Å²) >= 11 is 0. The Morgan fingerprint density at radius 2 is 0.800 bits per heavy atom. The summed E-state index contributed by atoms with van der Waals surface area (Å²) in [5.41, 5.74) is 0. The van der Waals surface area contributed by atoms with Gasteiger partial charge in [0.1, 0.15) is 23.1 Å². The smallest absolute Gasteiger partial charge is 0.140 e. The highest BCUT2D eigenvalue weighted by Gasteiger charge is 2.19. The van der Waals surface area contributed by atoms with Crippen molar-refractivity contribution in [1.82, 2.24) is 0 Å². The lowest BCUT2D eigenvalue weighted by Crippen LogP contribution is -2.19. The quantitative estimate of drug-likeness (QED) is 0.431. The van der Waals surface area contributed by atoms with E-state index < -0.39 is 11.8 Å². The highest BCUT2D eigenvalue weighted by Crippen LogP contribution is 2.16. The van der Waals surface area contributed by atoms with E-state index in [1.807, 2.05) is 0 Å². The molecule has 0 aromatic heterocycles. The van der Waals surface area contributed by atoms with Gasteiger partial charge in [0.25, 0.3) is 0 Å². The number of ketones is 4. The van der Waals surface area contributed by atoms with E-state index in [4.69, 9.17) is 0 Å². The summed E-state index contributed by atoms with van der Waals surface area (Å²) < 4.78 is 0. The van der Waals surface area contributed by atoms with E-state index in [1.165, 1.54) is 27.7 Å². The first-order valence-electron chi connectivity index (χ1n) is 7.29. The van der Waals surface area contributed by atoms with Gasteiger partial charge in [-0.15, -0.1) is 0 Å². The highest BCUT2D eigenvalue weighted by molar-refractivity contribution is 6.00. The lowest BCUT2D eigenvalue weighted by atomic mass is 9.91. The van der Waals surface area contributed by atoms with Gasteiger partial charge in [0.2, 0.25) is 0 Å². The molecule has 0 N–H and O–H groups in total. The molecule has 0 fully saturated rings. The van der Waals surface area contributed by atoms with Gasteiger partial charge in [0, 0.05) is 0 Å². The molecule has 0 saturated carbocycles. The Morgan fingerprint density at radius 1 is 0.550 bits per heavy atom. The standard InChI is InChI=1S/C16H26O4/c1-11(17)15(12(2)18)9-7-5-6-8-10-16(13(3)19)14(4)20/h15-16H,5-10H2,1-4H3. The Labute approximate surface area is 121 Å². The minimum Gasteiger partial charge on any atom is -0.299 e. The fourth-order valence-electron chi connectivity index (χ4n) is 2.44. The maximum Gasteiger partial charge on any atom is 0.140 e. The predicted octanol–water partition coefficient (Wildman–Crippen LogP) is 2.92. The van der Waals surface area contributed by atoms with E-state index in [0.717, 1.165) is 25.7 Å². The zero-order valence-electron chi connectivity index (χ0n) is 13.0. The number of hydrogen-bond donors (Lipinski definition) is 0. The van der Waals surface area contributed by atoms with Crippen molar-refractivity contribution in [3.63, 3.8) is 0 Å². The van der Waals surface area contributed by atoms with Gasteiger partial charge in [0.05, 0.1) is 11.8 Å². The molecule has 114 valence electrons. The van der Waals surface area contributed by atoms with Crippen molar-refractivity contribution in [3.8, 4) is 0 Å². The zero-order valence-corrected chi connectivity index (χ0v) is 13.0. The fraction of sp³-hybridized carbons (Fsp3) is 0.750. The zero-order chi connectivity index (χ0) is 15.7. The van der Waals surface area contributed by atoms with Crippen LogP contribution >= 0.6 is 0 Å². The lowest BCUT2D eigenvalue weighted by Gasteiger charge is -2.11. The molecule has 0 bridgehead atoms. The fourth-order valence-corrected chi connectivity index (χ4v) is 2.44. The molecule has 0 aromatic carbocycles. The molecule has 0 radical (unpaired) electrons. The molecule has 0 aromatic rings. The van der Waals surface area contributed by atoms with Gasteiger partial charge in [-0.05, 0) is 40.5 Å². The summed E-state index contributed by atoms with van der Waals surface area (Å²) in [5, 5.41) is 0. The third kappa shape index (κ3) is 7.31. The molecule has 4 nitrogen and oxygen atoms in total. The Bertz CT molecular complexity index is 307. The summed E-state index contributed by atoms with van der Waals surface area (Å²) in [6.45, 7) is 5.82. The molecule has 0 unspecified atom stereocenters. The second-order valence-electron chi connectivity index (χ2n) is 5.54. The number of rotatable bonds is 11. The van der Waals surface area contributed by atoms with Crippen LogP contribution in [0.15, 0.2) is 0 Å². The third-order valence-electron chi connectivity index (χ3n) is 3.70. The molecule has 0 atom stereocenters. The van der Waals surface area contributed by atoms with Crippen LogP contribution in [0.5, 0.6) is 0 Å². The van der Waals surface area contributed by atoms with Crippen LogP contribution in [0.25, 0.3) is 0 Å². The maximum absolute atomic E-state index is 11.2. The lowest BCUT2D eigenvalue weighted by molar-refractivity contribution is -0.132. The van der Waals surface area contributed by atoms with Crippen molar-refractivity contribution in [2.45, 2.75) is 66.2 Å². The van der Waals surface area contributed by atoms with Crippen LogP contribution in [0.2, 0.25) is 0 Å². The molecule has 0 aliphatic heterocycles. The normalized spacial score (nSPS) is 10.9. The van der Waals surface area contributed by atoms with Crippen LogP contribution in [0, 0.1) is 11.8 Å². The number of Topliss-reactive ketones (excluding diaryl/α,β-unsaturated/α-hetero) is 4. The summed E-state index contributed by atoms with van der Waals surface area (Å²) in [5.74, 6) is -1.18. The summed E-state index contributed by atoms with van der Waals surface area (Å²) in [6.07, 6.45) is 4.70. The number of carbonyl (C=O) groups is 4. The predicted molar refractivity (Wildman–Crippen MR) is 77.4 cm³/mol. The first kappa shape index (κ1) is 18.7. The van der Waals surface area contributed by atoms with Crippen molar-refractivity contribution < 1.29 is 19.2 Å². The first-order chi connectivity index (χ1) is 9.27. The Morgan fingerprint density at radius 3 is 1.00 bits per heavy atom. The summed E-state index contributed by atoms with van der Waals surface area (Å²) in [6, 6.07) is 0. The van der Waals surface area contributed by atoms with Gasteiger partial charge in [0.15, 0.2) is 0 Å². The minimum absolute atomic E-state index is 0.0641. The molecule has 0 rings (SSSR count). The SMILES string of the molecule is CC(=O)C(CCCCCCC(C(C)=O)C(C)=O)C(C)=O. The number of unbranched alkanes of at least 4 members (excludes halogenated alkanes) is 3. The molecular formula is C16H26O4. The highest BCUT2D eigenvalue weighted by atomic mass is 16.2. The third-order valence-corrected chi connectivity index (χ3v) is 3.70. The van der Waals surface area contributed by atoms with Gasteiger partial charge >= 0.3 is 0 Å². The van der Waals surface area contributed by atoms with Crippen molar-refractivity contribution in [2.75, 3.05) is 0 Å². The second kappa shape index (κ2) is 9.56. The Balaban J connectivity index is 3.87. The average Bonchev–Trinajstić information content (AvgIpc) is 2.30. The molecule has 0 amide bonds. The first-order valence-corrected chi connectivity index (χ1v) is 7.29. The van der Waals surface area contributed by atoms with Gasteiger partial charge in [-0.2, -0.15) is 0 Å². The minimum atomic E-state index is -0.461. The number of carbonyl (C=O) groups excluding carboxylic acids is 4. The molecule has 0 aliphatic rings. The molecule has 0 spiro atoms. The van der Waals surface area contributed by atoms with Crippen molar-refractivity contribution in [1.29, 1.82) is 0 Å². The molecule has 0 heterocycles. The van der Waals surface area contributed by atoms with Crippen LogP contribution < -0.4 is 0 Å². The van der Waals surface area contributed by atoms with Crippen molar-refractivity contribution >= 4 is 23.1 Å². The molecule has 0 aliphatic carbocycles. The van der Waals surface area contributed by atoms with Crippen LogP contribution in [0.1, 0.15) is 66.2 Å². The summed E-state index contributed by atoms with van der Waals surface area (Å²) in [4.78, 5) is 45.0. The number of hydrogen-bond acceptors (Lipinski definition) is 4. The molecular weight excluding hydrogens is 256 g/mol. The van der Waals surface area contributed by atoms with Gasteiger partial charge in [-0.25, -0.2) is 0 Å². The van der Waals surface area contributed by atoms with Gasteiger partial charge in [-0.1, -0.05) is 25.7 Å². The van der Waals surface area contributed by atoms with E-state index in [9.17, 15) is 19.2 Å². The van der Waals surface area contributed by atoms with E-state index in [1.54, 1.807) is 0 Å². The molecule has 20 heavy (non-hydrogen) atoms. The van der Waals surface area contributed by atoms with E-state index in [-0.39, 0.29) is 23.1 Å². The molecule has 0 saturated heterocycles. The Kier molecular flexibility index (Phi) is 8.93. The van der Waals surface area contributed by atoms with E-state index in [0.29, 0.717) is 12.8 Å². The van der Waals surface area contributed by atoms with Crippen molar-refractivity contribution in [3.05, 3.63) is 0 Å². The topological polar surface area (TPSA) is 68.3 Å². The maximum atomic E-state index is 11.2. The van der Waals surface area contributed by atoms with Crippen LogP contribution in [0.4, 0.5) is 0 Å². The van der Waals surface area contributed by atoms with Crippen LogP contribution in [-0.4, -0.2) is 23.1 Å². The second-order valence-corrected chi connectivity index (χ2v) is 5.54. The molecule has 4 heteroatoms. The van der Waals surface area contributed by atoms with Crippen LogP contribution in [-0.2, 0) is 19.2 Å². The monoisotopic (exact) mass is 282 g/mol. The largest absolute Gasteiger partial charge is 0.299 e. The van der Waals surface area contributed by atoms with Gasteiger partial charge < -0.3 is 0 Å².